The van der Waals surface area contributed by atoms with Gasteiger partial charge in [0.05, 0.1) is 23.0 Å². The van der Waals surface area contributed by atoms with E-state index in [1.165, 1.54) is 12.4 Å². The van der Waals surface area contributed by atoms with Gasteiger partial charge in [0, 0.05) is 34.4 Å². The summed E-state index contributed by atoms with van der Waals surface area (Å²) in [4.78, 5) is 20.7. The van der Waals surface area contributed by atoms with E-state index in [9.17, 15) is 10.0 Å². The van der Waals surface area contributed by atoms with Crippen molar-refractivity contribution in [2.45, 2.75) is 0 Å². The maximum atomic E-state index is 11.4. The van der Waals surface area contributed by atoms with Gasteiger partial charge >= 0.3 is 0 Å². The number of benzene rings is 2. The molecule has 7 heteroatoms. The molecule has 0 bridgehead atoms. The number of hydrogen-bond donors (Lipinski definition) is 1. The molecule has 2 aromatic carbocycles. The van der Waals surface area contributed by atoms with E-state index in [1.807, 2.05) is 18.2 Å². The van der Waals surface area contributed by atoms with Crippen LogP contribution in [0.4, 0.5) is 0 Å². The lowest BCUT2D eigenvalue weighted by Gasteiger charge is -2.09. The number of primary amides is 1. The molecule has 0 aliphatic heterocycles. The lowest BCUT2D eigenvalue weighted by atomic mass is 10.0. The van der Waals surface area contributed by atoms with Gasteiger partial charge in [-0.25, -0.2) is 9.97 Å². The van der Waals surface area contributed by atoms with Crippen molar-refractivity contribution < 1.29 is 9.52 Å². The Kier molecular flexibility index (Phi) is 4.89. The second-order valence-electron chi connectivity index (χ2n) is 6.54. The predicted molar refractivity (Wildman–Crippen MR) is 111 cm³/mol. The molecule has 0 unspecified atom stereocenters. The molecular formula is C23H15N5O2. The Bertz CT molecular complexity index is 1260. The van der Waals surface area contributed by atoms with Crippen molar-refractivity contribution in [1.82, 2.24) is 9.97 Å². The fourth-order valence-corrected chi connectivity index (χ4v) is 2.95. The lowest BCUT2D eigenvalue weighted by molar-refractivity contribution is -0.605. The van der Waals surface area contributed by atoms with Crippen LogP contribution in [0.2, 0.25) is 0 Å². The zero-order valence-electron chi connectivity index (χ0n) is 15.7. The molecule has 0 saturated heterocycles. The number of rotatable bonds is 4. The van der Waals surface area contributed by atoms with Gasteiger partial charge in [0.15, 0.2) is 18.2 Å². The smallest absolute Gasteiger partial charge is 0.248 e. The number of aromatic nitrogens is 3. The number of nitrogens with two attached hydrogens (primary N) is 1. The van der Waals surface area contributed by atoms with Gasteiger partial charge in [0.2, 0.25) is 5.91 Å². The van der Waals surface area contributed by atoms with Crippen LogP contribution in [0.3, 0.4) is 0 Å². The Morgan fingerprint density at radius 1 is 0.867 bits per heavy atom. The molecule has 0 atom stereocenters. The van der Waals surface area contributed by atoms with E-state index in [0.29, 0.717) is 38.6 Å². The quantitative estimate of drug-likeness (QED) is 0.422. The summed E-state index contributed by atoms with van der Waals surface area (Å²) < 4.78 is 0.692. The normalized spacial score (nSPS) is 10.4. The van der Waals surface area contributed by atoms with Gasteiger partial charge in [0.1, 0.15) is 0 Å². The topological polar surface area (TPSA) is 120 Å². The Morgan fingerprint density at radius 2 is 1.40 bits per heavy atom. The number of hydrogen-bond acceptors (Lipinski definition) is 5. The third-order valence-electron chi connectivity index (χ3n) is 4.56. The molecule has 2 heterocycles. The highest BCUT2D eigenvalue weighted by atomic mass is 16.5. The van der Waals surface area contributed by atoms with Crippen LogP contribution in [-0.2, 0) is 0 Å². The van der Waals surface area contributed by atoms with Crippen LogP contribution in [0.1, 0.15) is 15.9 Å². The van der Waals surface area contributed by atoms with E-state index in [-0.39, 0.29) is 0 Å². The van der Waals surface area contributed by atoms with E-state index in [4.69, 9.17) is 11.0 Å². The van der Waals surface area contributed by atoms with Crippen molar-refractivity contribution >= 4 is 5.91 Å². The Labute approximate surface area is 172 Å². The number of pyridine rings is 1. The summed E-state index contributed by atoms with van der Waals surface area (Å²) in [6, 6.07) is 21.1. The second-order valence-corrected chi connectivity index (χ2v) is 6.54. The minimum atomic E-state index is -0.501. The number of nitriles is 1. The number of carbonyl (C=O) groups excluding carboxylic acids is 1. The third-order valence-corrected chi connectivity index (χ3v) is 4.56. The molecule has 30 heavy (non-hydrogen) atoms. The molecule has 4 rings (SSSR count). The lowest BCUT2D eigenvalue weighted by Crippen LogP contribution is -2.23. The van der Waals surface area contributed by atoms with Crippen LogP contribution in [0.25, 0.3) is 33.9 Å². The summed E-state index contributed by atoms with van der Waals surface area (Å²) in [5.41, 5.74) is 9.89. The third kappa shape index (κ3) is 3.84. The zero-order valence-corrected chi connectivity index (χ0v) is 15.7. The standard InChI is InChI=1S/C23H15N5O2/c24-14-15-1-3-16(4-2-15)20-13-21(17-5-7-18(8-6-17)22(25)29)27-23(26-20)19-9-11-28(30)12-10-19/h1-13H,(H2,25,29). The number of carbonyl (C=O) groups is 1. The molecule has 2 N–H and O–H groups in total. The summed E-state index contributed by atoms with van der Waals surface area (Å²) in [5, 5.41) is 20.4. The highest BCUT2D eigenvalue weighted by molar-refractivity contribution is 5.93. The molecule has 0 saturated carbocycles. The first-order valence-electron chi connectivity index (χ1n) is 9.02. The van der Waals surface area contributed by atoms with Gasteiger partial charge in [-0.3, -0.25) is 4.79 Å². The maximum Gasteiger partial charge on any atom is 0.248 e. The van der Waals surface area contributed by atoms with Crippen molar-refractivity contribution in [3.05, 3.63) is 95.5 Å². The molecule has 0 radical (unpaired) electrons. The molecule has 0 aliphatic carbocycles. The molecule has 0 fully saturated rings. The van der Waals surface area contributed by atoms with Crippen LogP contribution in [0.5, 0.6) is 0 Å². The van der Waals surface area contributed by atoms with Gasteiger partial charge in [-0.05, 0) is 30.3 Å². The Hall–Kier alpha value is -4.57. The van der Waals surface area contributed by atoms with Gasteiger partial charge < -0.3 is 10.9 Å². The van der Waals surface area contributed by atoms with Gasteiger partial charge in [0.25, 0.3) is 0 Å². The van der Waals surface area contributed by atoms with Crippen molar-refractivity contribution in [3.63, 3.8) is 0 Å². The monoisotopic (exact) mass is 393 g/mol. The Morgan fingerprint density at radius 3 is 1.90 bits per heavy atom. The largest absolute Gasteiger partial charge is 0.619 e. The summed E-state index contributed by atoms with van der Waals surface area (Å²) in [6.07, 6.45) is 2.77. The first-order chi connectivity index (χ1) is 14.5. The highest BCUT2D eigenvalue weighted by Gasteiger charge is 2.12. The number of nitrogens with zero attached hydrogens (tertiary/aromatic N) is 4. The summed E-state index contributed by atoms with van der Waals surface area (Å²) >= 11 is 0. The summed E-state index contributed by atoms with van der Waals surface area (Å²) in [5.74, 6) is -0.0511. The van der Waals surface area contributed by atoms with Crippen LogP contribution in [-0.4, -0.2) is 15.9 Å². The van der Waals surface area contributed by atoms with Crippen LogP contribution >= 0.6 is 0 Å². The summed E-state index contributed by atoms with van der Waals surface area (Å²) in [7, 11) is 0. The minimum absolute atomic E-state index is 0.406. The predicted octanol–water partition coefficient (Wildman–Crippen LogP) is 3.08. The van der Waals surface area contributed by atoms with E-state index in [2.05, 4.69) is 16.0 Å². The SMILES string of the molecule is N#Cc1ccc(-c2cc(-c3ccc(C(N)=O)cc3)nc(-c3cc[n+]([O-])cc3)n2)cc1. The van der Waals surface area contributed by atoms with Crippen molar-refractivity contribution in [2.24, 2.45) is 5.73 Å². The van der Waals surface area contributed by atoms with Gasteiger partial charge in [-0.2, -0.15) is 9.99 Å². The molecule has 144 valence electrons. The van der Waals surface area contributed by atoms with E-state index in [1.54, 1.807) is 48.5 Å². The highest BCUT2D eigenvalue weighted by Crippen LogP contribution is 2.27. The van der Waals surface area contributed by atoms with Crippen LogP contribution in [0.15, 0.2) is 79.1 Å². The average Bonchev–Trinajstić information content (AvgIpc) is 2.79. The molecule has 0 spiro atoms. The molecule has 0 aliphatic rings. The van der Waals surface area contributed by atoms with Gasteiger partial charge in [-0.15, -0.1) is 0 Å². The molecule has 1 amide bonds. The average molecular weight is 393 g/mol. The van der Waals surface area contributed by atoms with Crippen molar-refractivity contribution in [1.29, 1.82) is 5.26 Å². The van der Waals surface area contributed by atoms with E-state index in [0.717, 1.165) is 11.1 Å². The molecule has 7 nitrogen and oxygen atoms in total. The summed E-state index contributed by atoms with van der Waals surface area (Å²) in [6.45, 7) is 0. The van der Waals surface area contributed by atoms with Gasteiger partial charge in [-0.1, -0.05) is 24.3 Å². The first-order valence-corrected chi connectivity index (χ1v) is 9.02. The van der Waals surface area contributed by atoms with E-state index < -0.39 is 5.91 Å². The molecule has 2 aromatic heterocycles. The van der Waals surface area contributed by atoms with Crippen LogP contribution < -0.4 is 10.5 Å². The fourth-order valence-electron chi connectivity index (χ4n) is 2.95. The fraction of sp³-hybridized carbons (Fsp3) is 0. The maximum absolute atomic E-state index is 11.4. The van der Waals surface area contributed by atoms with Crippen LogP contribution in [0, 0.1) is 16.5 Å². The van der Waals surface area contributed by atoms with Crippen molar-refractivity contribution in [3.8, 4) is 40.0 Å². The van der Waals surface area contributed by atoms with Crippen molar-refractivity contribution in [2.75, 3.05) is 0 Å². The Balaban J connectivity index is 1.86. The van der Waals surface area contributed by atoms with E-state index >= 15 is 0 Å². The molecule has 4 aromatic rings. The minimum Gasteiger partial charge on any atom is -0.619 e. The molecular weight excluding hydrogens is 378 g/mol. The second kappa shape index (κ2) is 7.81. The first kappa shape index (κ1) is 18.8. The number of amides is 1. The zero-order chi connectivity index (χ0) is 21.1.